The lowest BCUT2D eigenvalue weighted by molar-refractivity contribution is -0.384. The molecule has 0 amide bonds. The minimum absolute atomic E-state index is 0.00364. The zero-order chi connectivity index (χ0) is 19.5. The Labute approximate surface area is 150 Å². The van der Waals surface area contributed by atoms with E-state index >= 15 is 0 Å². The van der Waals surface area contributed by atoms with Crippen molar-refractivity contribution in [3.05, 3.63) is 34.4 Å². The first kappa shape index (κ1) is 21.5. The summed E-state index contributed by atoms with van der Waals surface area (Å²) >= 11 is 0. The normalized spacial score (nSPS) is 14.2. The number of nitrogens with one attached hydrogen (secondary N) is 1. The maximum absolute atomic E-state index is 12.0. The van der Waals surface area contributed by atoms with Crippen LogP contribution >= 0.6 is 0 Å². The van der Waals surface area contributed by atoms with Crippen LogP contribution in [-0.4, -0.2) is 34.3 Å². The Hall–Kier alpha value is -1.49. The summed E-state index contributed by atoms with van der Waals surface area (Å²) in [7, 11) is -6.03. The number of nitro benzene ring substituents is 1. The summed E-state index contributed by atoms with van der Waals surface area (Å²) in [6, 6.07) is 4.81. The zero-order valence-corrected chi connectivity index (χ0v) is 17.2. The van der Waals surface area contributed by atoms with Crippen LogP contribution in [0, 0.1) is 10.1 Å². The van der Waals surface area contributed by atoms with Crippen LogP contribution in [0.25, 0.3) is 0 Å². The molecule has 0 saturated heterocycles. The van der Waals surface area contributed by atoms with Crippen molar-refractivity contribution in [3.63, 3.8) is 0 Å². The molecule has 0 fully saturated rings. The van der Waals surface area contributed by atoms with E-state index in [1.54, 1.807) is 6.92 Å². The van der Waals surface area contributed by atoms with Gasteiger partial charge in [-0.1, -0.05) is 20.8 Å². The fourth-order valence-electron chi connectivity index (χ4n) is 1.72. The first-order valence-corrected chi connectivity index (χ1v) is 12.2. The fraction of sp³-hybridized carbons (Fsp3) is 0.600. The van der Waals surface area contributed by atoms with Gasteiger partial charge in [0.05, 0.1) is 11.0 Å². The highest BCUT2D eigenvalue weighted by Gasteiger charge is 2.38. The van der Waals surface area contributed by atoms with Crippen LogP contribution in [0.4, 0.5) is 5.69 Å². The highest BCUT2D eigenvalue weighted by atomic mass is 32.2. The van der Waals surface area contributed by atoms with Gasteiger partial charge in [0.2, 0.25) is 0 Å². The second-order valence-electron chi connectivity index (χ2n) is 7.33. The van der Waals surface area contributed by atoms with Crippen molar-refractivity contribution in [3.8, 4) is 5.75 Å². The molecule has 1 N–H and O–H groups in total. The molecule has 1 atom stereocenters. The minimum atomic E-state index is -4.04. The topological polar surface area (TPSA) is 108 Å². The van der Waals surface area contributed by atoms with E-state index < -0.39 is 23.5 Å². The molecule has 1 unspecified atom stereocenters. The van der Waals surface area contributed by atoms with Crippen LogP contribution in [0.2, 0.25) is 18.1 Å². The van der Waals surface area contributed by atoms with Crippen LogP contribution < -0.4 is 8.91 Å². The van der Waals surface area contributed by atoms with Crippen molar-refractivity contribution in [2.45, 2.75) is 51.9 Å². The van der Waals surface area contributed by atoms with Crippen LogP contribution in [-0.2, 0) is 14.7 Å². The Morgan fingerprint density at radius 2 is 1.76 bits per heavy atom. The Kier molecular flexibility index (Phi) is 6.73. The fourth-order valence-corrected chi connectivity index (χ4v) is 4.03. The highest BCUT2D eigenvalue weighted by molar-refractivity contribution is 7.85. The third-order valence-corrected chi connectivity index (χ3v) is 9.64. The van der Waals surface area contributed by atoms with Crippen molar-refractivity contribution < 1.29 is 22.0 Å². The molecule has 142 valence electrons. The van der Waals surface area contributed by atoms with Crippen molar-refractivity contribution in [2.75, 3.05) is 6.54 Å². The molecule has 1 aromatic carbocycles. The summed E-state index contributed by atoms with van der Waals surface area (Å²) < 4.78 is 37.2. The molecule has 10 heteroatoms. The Balaban J connectivity index is 2.62. The van der Waals surface area contributed by atoms with E-state index in [4.69, 9.17) is 8.61 Å². The lowest BCUT2D eigenvalue weighted by Gasteiger charge is -2.38. The largest absolute Gasteiger partial charge is 0.413 e. The molecule has 0 aliphatic heterocycles. The summed E-state index contributed by atoms with van der Waals surface area (Å²) in [5.74, 6) is -0.00364. The first-order chi connectivity index (χ1) is 11.2. The SMILES string of the molecule is CC(CNS(=O)(=O)Oc1ccc([N+](=O)[O-])cc1)O[Si](C)(C)C(C)(C)C. The van der Waals surface area contributed by atoms with E-state index in [-0.39, 0.29) is 29.1 Å². The predicted molar refractivity (Wildman–Crippen MR) is 98.4 cm³/mol. The molecule has 1 rings (SSSR count). The lowest BCUT2D eigenvalue weighted by Crippen LogP contribution is -2.46. The van der Waals surface area contributed by atoms with Gasteiger partial charge in [-0.2, -0.15) is 13.1 Å². The smallest absolute Gasteiger partial charge is 0.382 e. The van der Waals surface area contributed by atoms with Crippen molar-refractivity contribution in [2.24, 2.45) is 0 Å². The van der Waals surface area contributed by atoms with Crippen molar-refractivity contribution >= 4 is 24.3 Å². The van der Waals surface area contributed by atoms with E-state index in [0.717, 1.165) is 0 Å². The molecule has 8 nitrogen and oxygen atoms in total. The van der Waals surface area contributed by atoms with Crippen LogP contribution in [0.15, 0.2) is 24.3 Å². The molecule has 0 bridgehead atoms. The molecule has 0 spiro atoms. The van der Waals surface area contributed by atoms with Gasteiger partial charge in [0, 0.05) is 18.7 Å². The van der Waals surface area contributed by atoms with Crippen molar-refractivity contribution in [1.29, 1.82) is 0 Å². The summed E-state index contributed by atoms with van der Waals surface area (Å²) in [5.41, 5.74) is -0.144. The van der Waals surface area contributed by atoms with E-state index in [0.29, 0.717) is 0 Å². The highest BCUT2D eigenvalue weighted by Crippen LogP contribution is 2.37. The van der Waals surface area contributed by atoms with Gasteiger partial charge in [0.25, 0.3) is 5.69 Å². The van der Waals surface area contributed by atoms with Gasteiger partial charge in [-0.05, 0) is 37.2 Å². The Bertz CT molecular complexity index is 698. The van der Waals surface area contributed by atoms with Gasteiger partial charge in [-0.3, -0.25) is 10.1 Å². The number of rotatable bonds is 8. The van der Waals surface area contributed by atoms with Crippen LogP contribution in [0.5, 0.6) is 5.75 Å². The van der Waals surface area contributed by atoms with Gasteiger partial charge in [-0.15, -0.1) is 0 Å². The zero-order valence-electron chi connectivity index (χ0n) is 15.4. The number of hydrogen-bond donors (Lipinski definition) is 1. The monoisotopic (exact) mass is 390 g/mol. The standard InChI is InChI=1S/C15H26N2O6SSi/c1-12(23-25(5,6)15(2,3)4)11-16-24(20,21)22-14-9-7-13(8-10-14)17(18)19/h7-10,12,16H,11H2,1-6H3. The van der Waals surface area contributed by atoms with E-state index in [1.165, 1.54) is 24.3 Å². The van der Waals surface area contributed by atoms with Crippen LogP contribution in [0.3, 0.4) is 0 Å². The van der Waals surface area contributed by atoms with E-state index in [2.05, 4.69) is 38.6 Å². The lowest BCUT2D eigenvalue weighted by atomic mass is 10.2. The molecular formula is C15H26N2O6SSi. The molecule has 0 aromatic heterocycles. The van der Waals surface area contributed by atoms with Gasteiger partial charge in [0.15, 0.2) is 8.32 Å². The molecule has 0 aliphatic carbocycles. The maximum Gasteiger partial charge on any atom is 0.382 e. The van der Waals surface area contributed by atoms with E-state index in [1.807, 2.05) is 0 Å². The number of nitrogens with zero attached hydrogens (tertiary/aromatic N) is 1. The van der Waals surface area contributed by atoms with Crippen molar-refractivity contribution in [1.82, 2.24) is 4.72 Å². The third-order valence-electron chi connectivity index (χ3n) is 4.10. The number of benzene rings is 1. The molecule has 0 saturated carbocycles. The maximum atomic E-state index is 12.0. The van der Waals surface area contributed by atoms with Gasteiger partial charge >= 0.3 is 10.3 Å². The number of non-ortho nitro benzene ring substituents is 1. The Morgan fingerprint density at radius 1 is 1.24 bits per heavy atom. The third kappa shape index (κ3) is 6.73. The summed E-state index contributed by atoms with van der Waals surface area (Å²) in [6.07, 6.45) is -0.309. The second kappa shape index (κ2) is 7.81. The molecule has 0 aliphatic rings. The molecule has 25 heavy (non-hydrogen) atoms. The quantitative estimate of drug-likeness (QED) is 0.415. The first-order valence-electron chi connectivity index (χ1n) is 7.85. The average Bonchev–Trinajstić information content (AvgIpc) is 2.44. The molecule has 0 heterocycles. The van der Waals surface area contributed by atoms with Gasteiger partial charge < -0.3 is 8.61 Å². The van der Waals surface area contributed by atoms with Gasteiger partial charge in [0.1, 0.15) is 5.75 Å². The predicted octanol–water partition coefficient (Wildman–Crippen LogP) is 3.22. The minimum Gasteiger partial charge on any atom is -0.413 e. The number of nitro groups is 1. The molecule has 1 aromatic rings. The Morgan fingerprint density at radius 3 is 2.20 bits per heavy atom. The summed E-state index contributed by atoms with van der Waals surface area (Å²) in [5, 5.41) is 10.6. The second-order valence-corrected chi connectivity index (χ2v) is 13.4. The number of hydrogen-bond acceptors (Lipinski definition) is 6. The molecule has 0 radical (unpaired) electrons. The average molecular weight is 391 g/mol. The van der Waals surface area contributed by atoms with E-state index in [9.17, 15) is 18.5 Å². The van der Waals surface area contributed by atoms with Crippen LogP contribution in [0.1, 0.15) is 27.7 Å². The molecular weight excluding hydrogens is 364 g/mol. The summed E-state index contributed by atoms with van der Waals surface area (Å²) in [6.45, 7) is 12.4. The van der Waals surface area contributed by atoms with Gasteiger partial charge in [-0.25, -0.2) is 0 Å². The summed E-state index contributed by atoms with van der Waals surface area (Å²) in [4.78, 5) is 10.0.